The van der Waals surface area contributed by atoms with Gasteiger partial charge in [0.25, 0.3) is 0 Å². The van der Waals surface area contributed by atoms with Crippen molar-refractivity contribution in [1.82, 2.24) is 9.55 Å². The van der Waals surface area contributed by atoms with E-state index in [2.05, 4.69) is 0 Å². The van der Waals surface area contributed by atoms with Crippen molar-refractivity contribution >= 4 is 16.8 Å². The zero-order valence-corrected chi connectivity index (χ0v) is 14.4. The number of imidazole rings is 1. The summed E-state index contributed by atoms with van der Waals surface area (Å²) in [5, 5.41) is 0. The van der Waals surface area contributed by atoms with Crippen molar-refractivity contribution in [2.24, 2.45) is 0 Å². The fourth-order valence-electron chi connectivity index (χ4n) is 3.05. The van der Waals surface area contributed by atoms with Gasteiger partial charge in [-0.1, -0.05) is 42.5 Å². The van der Waals surface area contributed by atoms with Crippen molar-refractivity contribution in [3.8, 4) is 17.1 Å². The van der Waals surface area contributed by atoms with Crippen LogP contribution in [0.1, 0.15) is 10.4 Å². The van der Waals surface area contributed by atoms with E-state index < -0.39 is 0 Å². The quantitative estimate of drug-likeness (QED) is 0.498. The molecule has 0 radical (unpaired) electrons. The minimum Gasteiger partial charge on any atom is -0.497 e. The van der Waals surface area contributed by atoms with E-state index in [4.69, 9.17) is 9.72 Å². The Bertz CT molecular complexity index is 1050. The monoisotopic (exact) mass is 342 g/mol. The molecule has 4 rings (SSSR count). The molecular formula is C22H18N2O2. The molecule has 0 aliphatic carbocycles. The first-order chi connectivity index (χ1) is 12.8. The van der Waals surface area contributed by atoms with Crippen LogP contribution in [-0.2, 0) is 6.54 Å². The molecule has 0 aliphatic rings. The lowest BCUT2D eigenvalue weighted by molar-refractivity contribution is 0.0974. The molecule has 3 aromatic carbocycles. The summed E-state index contributed by atoms with van der Waals surface area (Å²) < 4.78 is 7.21. The normalized spacial score (nSPS) is 10.8. The van der Waals surface area contributed by atoms with Gasteiger partial charge in [-0.2, -0.15) is 0 Å². The predicted molar refractivity (Wildman–Crippen MR) is 102 cm³/mol. The molecule has 0 spiro atoms. The molecule has 4 nitrogen and oxygen atoms in total. The van der Waals surface area contributed by atoms with Crippen LogP contribution in [0.4, 0.5) is 0 Å². The first-order valence-electron chi connectivity index (χ1n) is 8.44. The second kappa shape index (κ2) is 6.84. The number of rotatable bonds is 5. The van der Waals surface area contributed by atoms with Crippen LogP contribution in [0.25, 0.3) is 22.4 Å². The molecule has 4 aromatic rings. The molecular weight excluding hydrogens is 324 g/mol. The predicted octanol–water partition coefficient (Wildman–Crippen LogP) is 4.59. The summed E-state index contributed by atoms with van der Waals surface area (Å²) in [6.07, 6.45) is 0. The van der Waals surface area contributed by atoms with Crippen molar-refractivity contribution in [2.45, 2.75) is 6.54 Å². The number of Topliss-reactive ketones (excluding diaryl/α,β-unsaturated/α-hetero) is 1. The largest absolute Gasteiger partial charge is 0.497 e. The number of methoxy groups -OCH3 is 1. The second-order valence-electron chi connectivity index (χ2n) is 6.03. The van der Waals surface area contributed by atoms with E-state index in [0.29, 0.717) is 5.56 Å². The topological polar surface area (TPSA) is 44.1 Å². The third kappa shape index (κ3) is 2.97. The molecule has 0 saturated carbocycles. The van der Waals surface area contributed by atoms with Gasteiger partial charge >= 0.3 is 0 Å². The number of hydrogen-bond acceptors (Lipinski definition) is 3. The van der Waals surface area contributed by atoms with E-state index in [1.165, 1.54) is 0 Å². The van der Waals surface area contributed by atoms with Gasteiger partial charge in [-0.3, -0.25) is 4.79 Å². The SMILES string of the molecule is COc1ccc(-c2nc3ccccc3n2CC(=O)c2ccccc2)cc1. The average Bonchev–Trinajstić information content (AvgIpc) is 3.07. The van der Waals surface area contributed by atoms with Crippen molar-refractivity contribution in [3.05, 3.63) is 84.4 Å². The van der Waals surface area contributed by atoms with Gasteiger partial charge in [0.05, 0.1) is 24.7 Å². The lowest BCUT2D eigenvalue weighted by Gasteiger charge is -2.09. The van der Waals surface area contributed by atoms with Crippen LogP contribution in [0.5, 0.6) is 5.75 Å². The van der Waals surface area contributed by atoms with Gasteiger partial charge in [-0.25, -0.2) is 4.98 Å². The van der Waals surface area contributed by atoms with Crippen molar-refractivity contribution in [3.63, 3.8) is 0 Å². The maximum Gasteiger partial charge on any atom is 0.182 e. The maximum atomic E-state index is 12.8. The standard InChI is InChI=1S/C22H18N2O2/c1-26-18-13-11-17(12-14-18)22-23-19-9-5-6-10-20(19)24(22)15-21(25)16-7-3-2-4-8-16/h2-14H,15H2,1H3. The van der Waals surface area contributed by atoms with Crippen LogP contribution in [0.15, 0.2) is 78.9 Å². The minimum absolute atomic E-state index is 0.0588. The summed E-state index contributed by atoms with van der Waals surface area (Å²) in [5.41, 5.74) is 3.47. The average molecular weight is 342 g/mol. The number of carbonyl (C=O) groups is 1. The summed E-state index contributed by atoms with van der Waals surface area (Å²) in [5.74, 6) is 1.62. The van der Waals surface area contributed by atoms with Gasteiger partial charge in [-0.05, 0) is 36.4 Å². The highest BCUT2D eigenvalue weighted by atomic mass is 16.5. The van der Waals surface area contributed by atoms with Crippen LogP contribution < -0.4 is 4.74 Å². The molecule has 0 saturated heterocycles. The molecule has 4 heteroatoms. The Balaban J connectivity index is 1.80. The van der Waals surface area contributed by atoms with E-state index in [0.717, 1.165) is 28.2 Å². The number of ketones is 1. The van der Waals surface area contributed by atoms with Crippen LogP contribution in [0.2, 0.25) is 0 Å². The van der Waals surface area contributed by atoms with Gasteiger partial charge in [0.2, 0.25) is 0 Å². The summed E-state index contributed by atoms with van der Waals surface area (Å²) in [4.78, 5) is 17.5. The smallest absolute Gasteiger partial charge is 0.182 e. The number of aromatic nitrogens is 2. The van der Waals surface area contributed by atoms with Crippen LogP contribution >= 0.6 is 0 Å². The lowest BCUT2D eigenvalue weighted by atomic mass is 10.1. The Hall–Kier alpha value is -3.40. The van der Waals surface area contributed by atoms with E-state index in [-0.39, 0.29) is 12.3 Å². The Morgan fingerprint density at radius 3 is 2.35 bits per heavy atom. The van der Waals surface area contributed by atoms with Gasteiger partial charge in [0, 0.05) is 11.1 Å². The number of benzene rings is 3. The van der Waals surface area contributed by atoms with E-state index >= 15 is 0 Å². The molecule has 0 fully saturated rings. The van der Waals surface area contributed by atoms with Gasteiger partial charge in [0.15, 0.2) is 5.78 Å². The number of hydrogen-bond donors (Lipinski definition) is 0. The third-order valence-corrected chi connectivity index (χ3v) is 4.40. The first-order valence-corrected chi connectivity index (χ1v) is 8.44. The molecule has 0 aliphatic heterocycles. The van der Waals surface area contributed by atoms with Gasteiger partial charge < -0.3 is 9.30 Å². The highest BCUT2D eigenvalue weighted by molar-refractivity contribution is 5.97. The molecule has 0 N–H and O–H groups in total. The van der Waals surface area contributed by atoms with Crippen molar-refractivity contribution < 1.29 is 9.53 Å². The van der Waals surface area contributed by atoms with E-state index in [9.17, 15) is 4.79 Å². The van der Waals surface area contributed by atoms with Crippen molar-refractivity contribution in [1.29, 1.82) is 0 Å². The molecule has 26 heavy (non-hydrogen) atoms. The van der Waals surface area contributed by atoms with E-state index in [1.54, 1.807) is 7.11 Å². The summed E-state index contributed by atoms with van der Waals surface area (Å²) in [6.45, 7) is 0.242. The Morgan fingerprint density at radius 2 is 1.62 bits per heavy atom. The molecule has 0 bridgehead atoms. The number of carbonyl (C=O) groups excluding carboxylic acids is 1. The summed E-state index contributed by atoms with van der Waals surface area (Å²) >= 11 is 0. The number of ether oxygens (including phenoxy) is 1. The molecule has 0 amide bonds. The zero-order valence-electron chi connectivity index (χ0n) is 14.4. The lowest BCUT2D eigenvalue weighted by Crippen LogP contribution is -2.11. The number of fused-ring (bicyclic) bond motifs is 1. The third-order valence-electron chi connectivity index (χ3n) is 4.40. The highest BCUT2D eigenvalue weighted by Gasteiger charge is 2.16. The van der Waals surface area contributed by atoms with Crippen LogP contribution in [0.3, 0.4) is 0 Å². The molecule has 1 aromatic heterocycles. The first kappa shape index (κ1) is 16.1. The van der Waals surface area contributed by atoms with Crippen LogP contribution in [0, 0.1) is 0 Å². The summed E-state index contributed by atoms with van der Waals surface area (Å²) in [6, 6.07) is 25.0. The fourth-order valence-corrected chi connectivity index (χ4v) is 3.05. The van der Waals surface area contributed by atoms with Crippen molar-refractivity contribution in [2.75, 3.05) is 7.11 Å². The Labute approximate surface area is 151 Å². The molecule has 0 unspecified atom stereocenters. The minimum atomic E-state index is 0.0588. The summed E-state index contributed by atoms with van der Waals surface area (Å²) in [7, 11) is 1.64. The van der Waals surface area contributed by atoms with Gasteiger partial charge in [0.1, 0.15) is 11.6 Å². The Morgan fingerprint density at radius 1 is 0.923 bits per heavy atom. The molecule has 1 heterocycles. The van der Waals surface area contributed by atoms with Crippen LogP contribution in [-0.4, -0.2) is 22.4 Å². The van der Waals surface area contributed by atoms with E-state index in [1.807, 2.05) is 83.4 Å². The number of nitrogens with zero attached hydrogens (tertiary/aromatic N) is 2. The molecule has 0 atom stereocenters. The fraction of sp³-hybridized carbons (Fsp3) is 0.0909. The maximum absolute atomic E-state index is 12.8. The Kier molecular flexibility index (Phi) is 4.23. The zero-order chi connectivity index (χ0) is 17.9. The highest BCUT2D eigenvalue weighted by Crippen LogP contribution is 2.26. The second-order valence-corrected chi connectivity index (χ2v) is 6.03. The number of para-hydroxylation sites is 2. The van der Waals surface area contributed by atoms with Gasteiger partial charge in [-0.15, -0.1) is 0 Å². The molecule has 128 valence electrons.